The number of aromatic nitrogens is 1. The van der Waals surface area contributed by atoms with E-state index in [1.807, 2.05) is 0 Å². The van der Waals surface area contributed by atoms with E-state index >= 15 is 0 Å². The average molecular weight is 288 g/mol. The van der Waals surface area contributed by atoms with Crippen molar-refractivity contribution < 1.29 is 4.52 Å². The smallest absolute Gasteiger partial charge is 0.140 e. The molecular weight excluding hydrogens is 260 g/mol. The highest BCUT2D eigenvalue weighted by molar-refractivity contribution is 5.14. The minimum absolute atomic E-state index is 0.272. The summed E-state index contributed by atoms with van der Waals surface area (Å²) in [6.07, 6.45) is 9.56. The predicted molar refractivity (Wildman–Crippen MR) is 83.0 cm³/mol. The van der Waals surface area contributed by atoms with Crippen molar-refractivity contribution in [3.05, 3.63) is 17.5 Å². The zero-order chi connectivity index (χ0) is 14.4. The number of nitrogens with zero attached hydrogens (tertiary/aromatic N) is 1. The van der Waals surface area contributed by atoms with Crippen molar-refractivity contribution in [1.82, 2.24) is 10.5 Å². The SMILES string of the molecule is CC1CC2CC(C2)CC(C)(NCc2cc(C3CC3)on2)C1. The van der Waals surface area contributed by atoms with Crippen molar-refractivity contribution in [1.29, 1.82) is 0 Å². The lowest BCUT2D eigenvalue weighted by atomic mass is 9.62. The van der Waals surface area contributed by atoms with Crippen LogP contribution in [0.15, 0.2) is 10.6 Å². The first-order chi connectivity index (χ1) is 10.1. The zero-order valence-corrected chi connectivity index (χ0v) is 13.4. The maximum atomic E-state index is 5.47. The van der Waals surface area contributed by atoms with Gasteiger partial charge in [0.05, 0.1) is 5.69 Å². The molecule has 0 amide bonds. The van der Waals surface area contributed by atoms with Crippen molar-refractivity contribution in [2.45, 2.75) is 76.8 Å². The highest BCUT2D eigenvalue weighted by Crippen LogP contribution is 2.47. The minimum atomic E-state index is 0.272. The molecule has 2 unspecified atom stereocenters. The Morgan fingerprint density at radius 3 is 2.81 bits per heavy atom. The Morgan fingerprint density at radius 2 is 2.05 bits per heavy atom. The first-order valence-corrected chi connectivity index (χ1v) is 8.80. The van der Waals surface area contributed by atoms with Gasteiger partial charge >= 0.3 is 0 Å². The van der Waals surface area contributed by atoms with Crippen LogP contribution >= 0.6 is 0 Å². The van der Waals surface area contributed by atoms with E-state index in [4.69, 9.17) is 4.52 Å². The summed E-state index contributed by atoms with van der Waals surface area (Å²) in [6, 6.07) is 2.17. The standard InChI is InChI=1S/C18H28N2O/c1-12-5-13-6-14(7-13)10-18(2,9-12)19-11-16-8-17(21-20-16)15-3-4-15/h8,12-15,19H,3-7,9-11H2,1-2H3. The predicted octanol–water partition coefficient (Wildman–Crippen LogP) is 4.25. The Balaban J connectivity index is 1.38. The third-order valence-electron chi connectivity index (χ3n) is 5.86. The number of fused-ring (bicyclic) bond motifs is 4. The quantitative estimate of drug-likeness (QED) is 0.900. The van der Waals surface area contributed by atoms with Crippen LogP contribution in [0.4, 0.5) is 0 Å². The summed E-state index contributed by atoms with van der Waals surface area (Å²) in [6.45, 7) is 5.71. The molecule has 1 heterocycles. The van der Waals surface area contributed by atoms with Gasteiger partial charge in [0.1, 0.15) is 5.76 Å². The van der Waals surface area contributed by atoms with Crippen LogP contribution in [0.5, 0.6) is 0 Å². The van der Waals surface area contributed by atoms with Gasteiger partial charge in [-0.3, -0.25) is 0 Å². The van der Waals surface area contributed by atoms with E-state index in [2.05, 4.69) is 30.4 Å². The lowest BCUT2D eigenvalue weighted by Crippen LogP contribution is -2.48. The Labute approximate surface area is 127 Å². The molecule has 0 radical (unpaired) electrons. The maximum absolute atomic E-state index is 5.47. The van der Waals surface area contributed by atoms with Crippen LogP contribution in [-0.4, -0.2) is 10.7 Å². The molecule has 1 aromatic rings. The molecule has 4 saturated carbocycles. The van der Waals surface area contributed by atoms with Gasteiger partial charge in [0, 0.05) is 24.1 Å². The number of rotatable bonds is 4. The molecular formula is C18H28N2O. The van der Waals surface area contributed by atoms with E-state index in [1.165, 1.54) is 44.9 Å². The van der Waals surface area contributed by atoms with E-state index in [0.29, 0.717) is 5.92 Å². The highest BCUT2D eigenvalue weighted by atomic mass is 16.5. The van der Waals surface area contributed by atoms with E-state index in [0.717, 1.165) is 35.8 Å². The molecule has 1 N–H and O–H groups in total. The number of hydrogen-bond acceptors (Lipinski definition) is 3. The summed E-state index contributed by atoms with van der Waals surface area (Å²) in [4.78, 5) is 0. The molecule has 0 aliphatic heterocycles. The lowest BCUT2D eigenvalue weighted by molar-refractivity contribution is 0.0699. The summed E-state index contributed by atoms with van der Waals surface area (Å²) in [5.74, 6) is 4.60. The summed E-state index contributed by atoms with van der Waals surface area (Å²) in [5, 5.41) is 8.06. The van der Waals surface area contributed by atoms with Crippen molar-refractivity contribution in [3.63, 3.8) is 0 Å². The Kier molecular flexibility index (Phi) is 3.36. The first-order valence-electron chi connectivity index (χ1n) is 8.80. The van der Waals surface area contributed by atoms with Gasteiger partial charge in [-0.2, -0.15) is 0 Å². The Bertz CT molecular complexity index is 497. The van der Waals surface area contributed by atoms with Crippen LogP contribution < -0.4 is 5.32 Å². The summed E-state index contributed by atoms with van der Waals surface area (Å²) in [5.41, 5.74) is 1.35. The third kappa shape index (κ3) is 3.03. The Morgan fingerprint density at radius 1 is 1.24 bits per heavy atom. The third-order valence-corrected chi connectivity index (χ3v) is 5.86. The second-order valence-corrected chi connectivity index (χ2v) is 8.36. The molecule has 0 spiro atoms. The molecule has 116 valence electrons. The van der Waals surface area contributed by atoms with E-state index in [9.17, 15) is 0 Å². The van der Waals surface area contributed by atoms with Gasteiger partial charge in [0.15, 0.2) is 0 Å². The van der Waals surface area contributed by atoms with Crippen molar-refractivity contribution in [2.24, 2.45) is 17.8 Å². The van der Waals surface area contributed by atoms with Crippen LogP contribution in [0, 0.1) is 17.8 Å². The summed E-state index contributed by atoms with van der Waals surface area (Å²) in [7, 11) is 0. The molecule has 2 bridgehead atoms. The van der Waals surface area contributed by atoms with Crippen LogP contribution in [0.1, 0.15) is 76.2 Å². The molecule has 4 aliphatic rings. The average Bonchev–Trinajstić information content (AvgIpc) is 3.11. The molecule has 2 atom stereocenters. The molecule has 0 aromatic carbocycles. The highest BCUT2D eigenvalue weighted by Gasteiger charge is 2.40. The largest absolute Gasteiger partial charge is 0.361 e. The number of hydrogen-bond donors (Lipinski definition) is 1. The van der Waals surface area contributed by atoms with Gasteiger partial charge in [-0.05, 0) is 69.6 Å². The van der Waals surface area contributed by atoms with Gasteiger partial charge in [-0.15, -0.1) is 0 Å². The monoisotopic (exact) mass is 288 g/mol. The van der Waals surface area contributed by atoms with Crippen LogP contribution in [-0.2, 0) is 6.54 Å². The summed E-state index contributed by atoms with van der Waals surface area (Å²) >= 11 is 0. The van der Waals surface area contributed by atoms with Crippen LogP contribution in [0.2, 0.25) is 0 Å². The van der Waals surface area contributed by atoms with Crippen molar-refractivity contribution in [3.8, 4) is 0 Å². The van der Waals surface area contributed by atoms with E-state index < -0.39 is 0 Å². The van der Waals surface area contributed by atoms with E-state index in [-0.39, 0.29) is 5.54 Å². The van der Waals surface area contributed by atoms with Gasteiger partial charge < -0.3 is 9.84 Å². The zero-order valence-electron chi connectivity index (χ0n) is 13.4. The number of nitrogens with one attached hydrogen (secondary N) is 1. The Hall–Kier alpha value is -0.830. The first kappa shape index (κ1) is 13.8. The van der Waals surface area contributed by atoms with Crippen LogP contribution in [0.3, 0.4) is 0 Å². The second kappa shape index (κ2) is 5.12. The fraction of sp³-hybridized carbons (Fsp3) is 0.833. The topological polar surface area (TPSA) is 38.1 Å². The molecule has 21 heavy (non-hydrogen) atoms. The molecule has 1 aromatic heterocycles. The molecule has 4 aliphatic carbocycles. The molecule has 0 saturated heterocycles. The second-order valence-electron chi connectivity index (χ2n) is 8.36. The van der Waals surface area contributed by atoms with E-state index in [1.54, 1.807) is 0 Å². The van der Waals surface area contributed by atoms with Gasteiger partial charge in [0.25, 0.3) is 0 Å². The van der Waals surface area contributed by atoms with Crippen molar-refractivity contribution >= 4 is 0 Å². The normalized spacial score (nSPS) is 39.4. The fourth-order valence-electron chi connectivity index (χ4n) is 4.79. The molecule has 3 nitrogen and oxygen atoms in total. The van der Waals surface area contributed by atoms with Crippen molar-refractivity contribution in [2.75, 3.05) is 0 Å². The molecule has 4 fully saturated rings. The fourth-order valence-corrected chi connectivity index (χ4v) is 4.79. The molecule has 3 heteroatoms. The maximum Gasteiger partial charge on any atom is 0.140 e. The molecule has 5 rings (SSSR count). The minimum Gasteiger partial charge on any atom is -0.361 e. The lowest BCUT2D eigenvalue weighted by Gasteiger charge is -2.47. The van der Waals surface area contributed by atoms with Gasteiger partial charge in [-0.1, -0.05) is 12.1 Å². The van der Waals surface area contributed by atoms with Gasteiger partial charge in [-0.25, -0.2) is 0 Å². The van der Waals surface area contributed by atoms with Crippen LogP contribution in [0.25, 0.3) is 0 Å². The van der Waals surface area contributed by atoms with Gasteiger partial charge in [0.2, 0.25) is 0 Å². The summed E-state index contributed by atoms with van der Waals surface area (Å²) < 4.78 is 5.47.